The first-order valence-corrected chi connectivity index (χ1v) is 8.43. The number of guanidine groups is 1. The van der Waals surface area contributed by atoms with E-state index in [1.165, 1.54) is 0 Å². The van der Waals surface area contributed by atoms with Crippen molar-refractivity contribution in [2.24, 2.45) is 4.99 Å². The zero-order valence-corrected chi connectivity index (χ0v) is 14.4. The predicted octanol–water partition coefficient (Wildman–Crippen LogP) is 2.82. The molecule has 1 heterocycles. The Balaban J connectivity index is 1.87. The normalized spacial score (nSPS) is 11.5. The van der Waals surface area contributed by atoms with Crippen molar-refractivity contribution in [2.45, 2.75) is 26.8 Å². The van der Waals surface area contributed by atoms with Crippen LogP contribution in [0.4, 0.5) is 0 Å². The number of hydrogen-bond donors (Lipinski definition) is 2. The van der Waals surface area contributed by atoms with Gasteiger partial charge in [-0.15, -0.1) is 0 Å². The number of aromatic nitrogens is 1. The molecule has 24 heavy (non-hydrogen) atoms. The summed E-state index contributed by atoms with van der Waals surface area (Å²) in [4.78, 5) is 9.02. The van der Waals surface area contributed by atoms with E-state index in [4.69, 9.17) is 9.15 Å². The van der Waals surface area contributed by atoms with Gasteiger partial charge in [-0.1, -0.05) is 18.2 Å². The Morgan fingerprint density at radius 1 is 1.21 bits per heavy atom. The molecule has 0 fully saturated rings. The lowest BCUT2D eigenvalue weighted by Gasteiger charge is -2.10. The zero-order valence-electron chi connectivity index (χ0n) is 14.4. The number of hydrogen-bond acceptors (Lipinski definition) is 4. The third kappa shape index (κ3) is 6.04. The molecular weight excluding hydrogens is 304 g/mol. The van der Waals surface area contributed by atoms with Gasteiger partial charge in [-0.3, -0.25) is 0 Å². The smallest absolute Gasteiger partial charge is 0.226 e. The minimum absolute atomic E-state index is 0.469. The van der Waals surface area contributed by atoms with Crippen LogP contribution in [-0.2, 0) is 11.3 Å². The maximum atomic E-state index is 5.53. The van der Waals surface area contributed by atoms with E-state index in [1.54, 1.807) is 6.26 Å². The molecule has 0 atom stereocenters. The number of rotatable bonds is 9. The molecule has 2 aromatic rings. The lowest BCUT2D eigenvalue weighted by Crippen LogP contribution is -2.38. The second kappa shape index (κ2) is 10.4. The van der Waals surface area contributed by atoms with Crippen molar-refractivity contribution in [3.05, 3.63) is 42.3 Å². The summed E-state index contributed by atoms with van der Waals surface area (Å²) in [5.41, 5.74) is 1.77. The number of oxazole rings is 1. The first kappa shape index (κ1) is 18.0. The highest BCUT2D eigenvalue weighted by molar-refractivity contribution is 5.79. The molecule has 0 saturated carbocycles. The minimum atomic E-state index is 0.469. The number of aliphatic imine (C=N–C) groups is 1. The summed E-state index contributed by atoms with van der Waals surface area (Å²) >= 11 is 0. The molecule has 6 nitrogen and oxygen atoms in total. The quantitative estimate of drug-likeness (QED) is 0.420. The van der Waals surface area contributed by atoms with E-state index >= 15 is 0 Å². The molecule has 2 N–H and O–H groups in total. The lowest BCUT2D eigenvalue weighted by molar-refractivity contribution is 0.145. The first-order chi connectivity index (χ1) is 11.8. The van der Waals surface area contributed by atoms with E-state index in [1.807, 2.05) is 44.2 Å². The predicted molar refractivity (Wildman–Crippen MR) is 95.9 cm³/mol. The molecule has 0 aliphatic carbocycles. The number of ether oxygens (including phenoxy) is 1. The maximum Gasteiger partial charge on any atom is 0.226 e. The van der Waals surface area contributed by atoms with Crippen LogP contribution in [0.5, 0.6) is 0 Å². The van der Waals surface area contributed by atoms with Gasteiger partial charge in [-0.25, -0.2) is 9.98 Å². The van der Waals surface area contributed by atoms with Crippen molar-refractivity contribution in [1.82, 2.24) is 15.6 Å². The van der Waals surface area contributed by atoms with Crippen molar-refractivity contribution >= 4 is 5.96 Å². The Labute approximate surface area is 143 Å². The summed E-state index contributed by atoms with van der Waals surface area (Å²) in [6, 6.07) is 9.85. The van der Waals surface area contributed by atoms with E-state index in [2.05, 4.69) is 20.6 Å². The van der Waals surface area contributed by atoms with Gasteiger partial charge in [0.05, 0.1) is 6.54 Å². The highest BCUT2D eigenvalue weighted by atomic mass is 16.5. The molecule has 1 aromatic heterocycles. The summed E-state index contributed by atoms with van der Waals surface area (Å²) in [6.45, 7) is 7.65. The Kier molecular flexibility index (Phi) is 7.83. The van der Waals surface area contributed by atoms with Crippen molar-refractivity contribution in [3.63, 3.8) is 0 Å². The average molecular weight is 330 g/mol. The minimum Gasteiger partial charge on any atom is -0.444 e. The van der Waals surface area contributed by atoms with E-state index in [0.717, 1.165) is 49.9 Å². The molecule has 0 aliphatic rings. The molecule has 0 amide bonds. The Morgan fingerprint density at radius 2 is 2.04 bits per heavy atom. The molecule has 0 radical (unpaired) electrons. The summed E-state index contributed by atoms with van der Waals surface area (Å²) in [5, 5.41) is 6.51. The third-order valence-electron chi connectivity index (χ3n) is 3.28. The van der Waals surface area contributed by atoms with Crippen LogP contribution in [0.15, 0.2) is 46.0 Å². The van der Waals surface area contributed by atoms with Crippen LogP contribution in [0, 0.1) is 0 Å². The molecule has 0 saturated heterocycles. The second-order valence-electron chi connectivity index (χ2n) is 5.18. The van der Waals surface area contributed by atoms with Gasteiger partial charge in [0.2, 0.25) is 5.89 Å². The zero-order chi connectivity index (χ0) is 17.0. The fraction of sp³-hybridized carbons (Fsp3) is 0.444. The lowest BCUT2D eigenvalue weighted by atomic mass is 10.2. The van der Waals surface area contributed by atoms with Crippen LogP contribution in [0.2, 0.25) is 0 Å². The van der Waals surface area contributed by atoms with Crippen LogP contribution in [0.25, 0.3) is 11.5 Å². The van der Waals surface area contributed by atoms with E-state index in [-0.39, 0.29) is 0 Å². The van der Waals surface area contributed by atoms with Crippen LogP contribution in [0.3, 0.4) is 0 Å². The number of benzene rings is 1. The van der Waals surface area contributed by atoms with Crippen LogP contribution in [0.1, 0.15) is 26.0 Å². The van der Waals surface area contributed by atoms with Gasteiger partial charge in [0.15, 0.2) is 5.96 Å². The van der Waals surface area contributed by atoms with E-state index < -0.39 is 0 Å². The average Bonchev–Trinajstić information content (AvgIpc) is 3.09. The fourth-order valence-corrected chi connectivity index (χ4v) is 2.12. The molecule has 6 heteroatoms. The molecule has 0 spiro atoms. The summed E-state index contributed by atoms with van der Waals surface area (Å²) in [7, 11) is 0. The summed E-state index contributed by atoms with van der Waals surface area (Å²) < 4.78 is 10.9. The Morgan fingerprint density at radius 3 is 2.79 bits per heavy atom. The molecule has 0 aliphatic heterocycles. The Hall–Kier alpha value is -2.34. The summed E-state index contributed by atoms with van der Waals surface area (Å²) in [6.07, 6.45) is 2.60. The van der Waals surface area contributed by atoms with Crippen LogP contribution in [-0.4, -0.2) is 37.2 Å². The van der Waals surface area contributed by atoms with Gasteiger partial charge in [0.1, 0.15) is 12.0 Å². The first-order valence-electron chi connectivity index (χ1n) is 8.43. The molecule has 0 unspecified atom stereocenters. The van der Waals surface area contributed by atoms with Crippen molar-refractivity contribution in [2.75, 3.05) is 26.3 Å². The van der Waals surface area contributed by atoms with Crippen molar-refractivity contribution < 1.29 is 9.15 Å². The van der Waals surface area contributed by atoms with Gasteiger partial charge in [-0.05, 0) is 32.4 Å². The molecule has 2 rings (SSSR count). The molecular formula is C18H26N4O2. The van der Waals surface area contributed by atoms with Gasteiger partial charge in [0, 0.05) is 31.9 Å². The Bertz CT molecular complexity index is 610. The summed E-state index contributed by atoms with van der Waals surface area (Å²) in [5.74, 6) is 1.40. The molecule has 130 valence electrons. The van der Waals surface area contributed by atoms with Crippen molar-refractivity contribution in [3.8, 4) is 11.5 Å². The standard InChI is InChI=1S/C18H26N4O2/c1-3-19-18(20-11-8-12-23-4-2)21-13-16-14-24-17(22-16)15-9-6-5-7-10-15/h5-7,9-10,14H,3-4,8,11-13H2,1-2H3,(H2,19,20,21). The maximum absolute atomic E-state index is 5.53. The topological polar surface area (TPSA) is 71.7 Å². The van der Waals surface area contributed by atoms with E-state index in [9.17, 15) is 0 Å². The SMILES string of the molecule is CCNC(=NCc1coc(-c2ccccc2)n1)NCCCOCC. The monoisotopic (exact) mass is 330 g/mol. The second-order valence-corrected chi connectivity index (χ2v) is 5.18. The highest BCUT2D eigenvalue weighted by Crippen LogP contribution is 2.18. The van der Waals surface area contributed by atoms with Gasteiger partial charge in [-0.2, -0.15) is 0 Å². The van der Waals surface area contributed by atoms with Gasteiger partial charge in [0.25, 0.3) is 0 Å². The largest absolute Gasteiger partial charge is 0.444 e. The van der Waals surface area contributed by atoms with Gasteiger partial charge >= 0.3 is 0 Å². The van der Waals surface area contributed by atoms with Gasteiger partial charge < -0.3 is 19.8 Å². The molecule has 1 aromatic carbocycles. The van der Waals surface area contributed by atoms with E-state index in [0.29, 0.717) is 12.4 Å². The molecule has 0 bridgehead atoms. The van der Waals surface area contributed by atoms with Crippen LogP contribution >= 0.6 is 0 Å². The van der Waals surface area contributed by atoms with Crippen LogP contribution < -0.4 is 10.6 Å². The third-order valence-corrected chi connectivity index (χ3v) is 3.28. The fourth-order valence-electron chi connectivity index (χ4n) is 2.12. The highest BCUT2D eigenvalue weighted by Gasteiger charge is 2.06. The number of nitrogens with zero attached hydrogens (tertiary/aromatic N) is 2. The number of nitrogens with one attached hydrogen (secondary N) is 2. The van der Waals surface area contributed by atoms with Crippen molar-refractivity contribution in [1.29, 1.82) is 0 Å².